The summed E-state index contributed by atoms with van der Waals surface area (Å²) in [5, 5.41) is 3.39. The maximum absolute atomic E-state index is 12.0. The number of amides is 1. The molecule has 1 N–H and O–H groups in total. The van der Waals surface area contributed by atoms with Crippen molar-refractivity contribution in [2.75, 3.05) is 12.3 Å². The SMILES string of the molecule is C[C@@H](Oc1ccccc1Cl)C(=O)NCCSCc1ccccc1. The first kappa shape index (κ1) is 17.7. The fourth-order valence-corrected chi connectivity index (χ4v) is 2.94. The monoisotopic (exact) mass is 349 g/mol. The molecule has 0 heterocycles. The van der Waals surface area contributed by atoms with E-state index in [1.54, 1.807) is 30.8 Å². The Kier molecular flexibility index (Phi) is 7.30. The van der Waals surface area contributed by atoms with E-state index < -0.39 is 6.10 Å². The molecule has 0 radical (unpaired) electrons. The molecule has 2 aromatic carbocycles. The maximum Gasteiger partial charge on any atom is 0.260 e. The zero-order valence-electron chi connectivity index (χ0n) is 13.0. The van der Waals surface area contributed by atoms with Crippen molar-refractivity contribution in [1.82, 2.24) is 5.32 Å². The average Bonchev–Trinajstić information content (AvgIpc) is 2.57. The van der Waals surface area contributed by atoms with Crippen LogP contribution in [0, 0.1) is 0 Å². The molecule has 0 aliphatic rings. The highest BCUT2D eigenvalue weighted by Gasteiger charge is 2.15. The summed E-state index contributed by atoms with van der Waals surface area (Å²) in [7, 11) is 0. The topological polar surface area (TPSA) is 38.3 Å². The van der Waals surface area contributed by atoms with Crippen LogP contribution < -0.4 is 10.1 Å². The zero-order valence-corrected chi connectivity index (χ0v) is 14.6. The summed E-state index contributed by atoms with van der Waals surface area (Å²) < 4.78 is 5.58. The third kappa shape index (κ3) is 6.16. The molecule has 1 amide bonds. The molecular weight excluding hydrogens is 330 g/mol. The molecule has 2 rings (SSSR count). The van der Waals surface area contributed by atoms with Gasteiger partial charge >= 0.3 is 0 Å². The Balaban J connectivity index is 1.65. The van der Waals surface area contributed by atoms with Crippen LogP contribution in [0.15, 0.2) is 54.6 Å². The molecule has 122 valence electrons. The third-order valence-corrected chi connectivity index (χ3v) is 4.51. The Labute approximate surface area is 146 Å². The summed E-state index contributed by atoms with van der Waals surface area (Å²) in [6, 6.07) is 17.4. The van der Waals surface area contributed by atoms with Crippen LogP contribution in [0.4, 0.5) is 0 Å². The molecule has 0 fully saturated rings. The van der Waals surface area contributed by atoms with Crippen LogP contribution in [-0.2, 0) is 10.5 Å². The fraction of sp³-hybridized carbons (Fsp3) is 0.278. The highest BCUT2D eigenvalue weighted by molar-refractivity contribution is 7.98. The predicted octanol–water partition coefficient (Wildman–Crippen LogP) is 4.16. The van der Waals surface area contributed by atoms with Crippen LogP contribution in [-0.4, -0.2) is 24.3 Å². The normalized spacial score (nSPS) is 11.7. The number of thioether (sulfide) groups is 1. The van der Waals surface area contributed by atoms with E-state index in [-0.39, 0.29) is 5.91 Å². The summed E-state index contributed by atoms with van der Waals surface area (Å²) in [4.78, 5) is 12.0. The van der Waals surface area contributed by atoms with Gasteiger partial charge in [-0.2, -0.15) is 11.8 Å². The Bertz CT molecular complexity index is 621. The van der Waals surface area contributed by atoms with E-state index in [9.17, 15) is 4.79 Å². The van der Waals surface area contributed by atoms with Crippen LogP contribution >= 0.6 is 23.4 Å². The van der Waals surface area contributed by atoms with Crippen molar-refractivity contribution in [2.24, 2.45) is 0 Å². The van der Waals surface area contributed by atoms with Gasteiger partial charge in [0.25, 0.3) is 5.91 Å². The van der Waals surface area contributed by atoms with Gasteiger partial charge in [-0.1, -0.05) is 54.1 Å². The summed E-state index contributed by atoms with van der Waals surface area (Å²) in [5.74, 6) is 2.20. The molecule has 0 saturated carbocycles. The van der Waals surface area contributed by atoms with Gasteiger partial charge in [0.15, 0.2) is 6.10 Å². The highest BCUT2D eigenvalue weighted by Crippen LogP contribution is 2.24. The number of hydrogen-bond acceptors (Lipinski definition) is 3. The van der Waals surface area contributed by atoms with Gasteiger partial charge in [-0.25, -0.2) is 0 Å². The summed E-state index contributed by atoms with van der Waals surface area (Å²) in [6.45, 7) is 2.34. The summed E-state index contributed by atoms with van der Waals surface area (Å²) in [6.07, 6.45) is -0.575. The molecule has 0 bridgehead atoms. The number of nitrogens with one attached hydrogen (secondary N) is 1. The zero-order chi connectivity index (χ0) is 16.5. The lowest BCUT2D eigenvalue weighted by atomic mass is 10.2. The van der Waals surface area contributed by atoms with Crippen LogP contribution in [0.2, 0.25) is 5.02 Å². The van der Waals surface area contributed by atoms with Crippen molar-refractivity contribution in [1.29, 1.82) is 0 Å². The number of hydrogen-bond donors (Lipinski definition) is 1. The lowest BCUT2D eigenvalue weighted by Gasteiger charge is -2.15. The number of carbonyl (C=O) groups is 1. The molecule has 0 saturated heterocycles. The minimum Gasteiger partial charge on any atom is -0.479 e. The molecule has 0 aliphatic carbocycles. The molecule has 1 atom stereocenters. The molecule has 0 aromatic heterocycles. The minimum absolute atomic E-state index is 0.134. The van der Waals surface area contributed by atoms with E-state index in [0.29, 0.717) is 17.3 Å². The van der Waals surface area contributed by atoms with Crippen LogP contribution in [0.1, 0.15) is 12.5 Å². The number of ether oxygens (including phenoxy) is 1. The van der Waals surface area contributed by atoms with Crippen molar-refractivity contribution >= 4 is 29.3 Å². The fourth-order valence-electron chi connectivity index (χ4n) is 1.94. The maximum atomic E-state index is 12.0. The Hall–Kier alpha value is -1.65. The number of halogens is 1. The standard InChI is InChI=1S/C18H20ClNO2S/c1-14(22-17-10-6-5-9-16(17)19)18(21)20-11-12-23-13-15-7-3-2-4-8-15/h2-10,14H,11-13H2,1H3,(H,20,21)/t14-/m1/s1. The number of para-hydroxylation sites is 1. The van der Waals surface area contributed by atoms with Crippen LogP contribution in [0.25, 0.3) is 0 Å². The third-order valence-electron chi connectivity index (χ3n) is 3.17. The van der Waals surface area contributed by atoms with E-state index in [0.717, 1.165) is 11.5 Å². The average molecular weight is 350 g/mol. The second kappa shape index (κ2) is 9.48. The van der Waals surface area contributed by atoms with Crippen molar-refractivity contribution in [2.45, 2.75) is 18.8 Å². The second-order valence-corrected chi connectivity index (χ2v) is 6.53. The molecule has 2 aromatic rings. The number of benzene rings is 2. The largest absolute Gasteiger partial charge is 0.479 e. The molecule has 0 spiro atoms. The van der Waals surface area contributed by atoms with Gasteiger partial charge in [0.2, 0.25) is 0 Å². The van der Waals surface area contributed by atoms with Gasteiger partial charge in [-0.3, -0.25) is 4.79 Å². The highest BCUT2D eigenvalue weighted by atomic mass is 35.5. The molecular formula is C18H20ClNO2S. The van der Waals surface area contributed by atoms with Gasteiger partial charge in [-0.05, 0) is 24.6 Å². The van der Waals surface area contributed by atoms with Crippen molar-refractivity contribution < 1.29 is 9.53 Å². The van der Waals surface area contributed by atoms with Crippen molar-refractivity contribution in [3.05, 3.63) is 65.2 Å². The first-order chi connectivity index (χ1) is 11.2. The van der Waals surface area contributed by atoms with Crippen LogP contribution in [0.5, 0.6) is 5.75 Å². The van der Waals surface area contributed by atoms with E-state index in [1.807, 2.05) is 30.3 Å². The summed E-state index contributed by atoms with van der Waals surface area (Å²) >= 11 is 7.81. The van der Waals surface area contributed by atoms with Gasteiger partial charge in [0.05, 0.1) is 5.02 Å². The van der Waals surface area contributed by atoms with Crippen molar-refractivity contribution in [3.8, 4) is 5.75 Å². The van der Waals surface area contributed by atoms with Crippen LogP contribution in [0.3, 0.4) is 0 Å². The van der Waals surface area contributed by atoms with Crippen molar-refractivity contribution in [3.63, 3.8) is 0 Å². The van der Waals surface area contributed by atoms with E-state index >= 15 is 0 Å². The molecule has 0 unspecified atom stereocenters. The second-order valence-electron chi connectivity index (χ2n) is 5.02. The minimum atomic E-state index is -0.575. The lowest BCUT2D eigenvalue weighted by molar-refractivity contribution is -0.127. The first-order valence-electron chi connectivity index (χ1n) is 7.47. The molecule has 5 heteroatoms. The van der Waals surface area contributed by atoms with Gasteiger partial charge in [0.1, 0.15) is 5.75 Å². The first-order valence-corrected chi connectivity index (χ1v) is 9.00. The molecule has 23 heavy (non-hydrogen) atoms. The van der Waals surface area contributed by atoms with E-state index in [4.69, 9.17) is 16.3 Å². The Morgan fingerprint density at radius 2 is 1.87 bits per heavy atom. The predicted molar refractivity (Wildman–Crippen MR) is 97.2 cm³/mol. The number of rotatable bonds is 8. The molecule has 0 aliphatic heterocycles. The Morgan fingerprint density at radius 1 is 1.17 bits per heavy atom. The van der Waals surface area contributed by atoms with Gasteiger partial charge in [0, 0.05) is 18.1 Å². The van der Waals surface area contributed by atoms with Gasteiger partial charge in [-0.15, -0.1) is 0 Å². The summed E-state index contributed by atoms with van der Waals surface area (Å²) in [5.41, 5.74) is 1.29. The smallest absolute Gasteiger partial charge is 0.260 e. The number of carbonyl (C=O) groups excluding carboxylic acids is 1. The Morgan fingerprint density at radius 3 is 2.61 bits per heavy atom. The van der Waals surface area contributed by atoms with E-state index in [2.05, 4.69) is 17.4 Å². The molecule has 3 nitrogen and oxygen atoms in total. The lowest BCUT2D eigenvalue weighted by Crippen LogP contribution is -2.37. The quantitative estimate of drug-likeness (QED) is 0.727. The van der Waals surface area contributed by atoms with E-state index in [1.165, 1.54) is 5.56 Å². The van der Waals surface area contributed by atoms with Gasteiger partial charge < -0.3 is 10.1 Å².